The zero-order valence-electron chi connectivity index (χ0n) is 22.4. The van der Waals surface area contributed by atoms with Crippen LogP contribution in [0.15, 0.2) is 77.9 Å². The minimum Gasteiger partial charge on any atom is -0.392 e. The van der Waals surface area contributed by atoms with Gasteiger partial charge in [-0.2, -0.15) is 0 Å². The molecule has 39 heavy (non-hydrogen) atoms. The van der Waals surface area contributed by atoms with E-state index in [-0.39, 0.29) is 22.4 Å². The van der Waals surface area contributed by atoms with Crippen LogP contribution in [0.25, 0.3) is 22.1 Å². The summed E-state index contributed by atoms with van der Waals surface area (Å²) in [5.74, 6) is -0.373. The zero-order chi connectivity index (χ0) is 27.9. The molecule has 2 atom stereocenters. The van der Waals surface area contributed by atoms with Crippen LogP contribution in [0.5, 0.6) is 0 Å². The molecule has 3 aromatic heterocycles. The van der Waals surface area contributed by atoms with Gasteiger partial charge in [0.1, 0.15) is 5.56 Å². The van der Waals surface area contributed by atoms with Gasteiger partial charge in [-0.1, -0.05) is 57.2 Å². The molecular weight excluding hydrogens is 492 g/mol. The molecule has 0 spiro atoms. The van der Waals surface area contributed by atoms with Gasteiger partial charge < -0.3 is 16.2 Å². The van der Waals surface area contributed by atoms with Crippen molar-refractivity contribution in [3.05, 3.63) is 100 Å². The first-order valence-corrected chi connectivity index (χ1v) is 12.9. The lowest BCUT2D eigenvalue weighted by molar-refractivity contribution is 0.0639. The lowest BCUT2D eigenvalue weighted by atomic mass is 9.84. The third-order valence-corrected chi connectivity index (χ3v) is 7.03. The zero-order valence-corrected chi connectivity index (χ0v) is 22.4. The summed E-state index contributed by atoms with van der Waals surface area (Å²) in [6.45, 7) is 7.74. The molecule has 1 amide bonds. The molecular formula is C30H32N6O3. The Hall–Kier alpha value is -4.50. The second kappa shape index (κ2) is 9.99. The number of aromatic nitrogens is 4. The Morgan fingerprint density at radius 1 is 1.10 bits per heavy atom. The molecule has 0 radical (unpaired) electrons. The number of amides is 1. The minimum atomic E-state index is -0.629. The largest absolute Gasteiger partial charge is 0.392 e. The standard InChI is InChI=1S/C30H32N6O3/c1-18(33-28(38)25-26(31)34-35-15-9-14-32-27(25)35)22-16-19-10-8-11-20(17-23(37)30(2,3)4)24(19)29(39)36(22)21-12-6-5-7-13-21/h5-16,18,23,37H,17H2,1-4H3,(H2,31,34)(H,33,38)/t18-,23?/m0/s1. The van der Waals surface area contributed by atoms with Crippen molar-refractivity contribution >= 4 is 28.1 Å². The number of carbonyl (C=O) groups is 1. The van der Waals surface area contributed by atoms with Crippen LogP contribution < -0.4 is 16.6 Å². The van der Waals surface area contributed by atoms with Gasteiger partial charge >= 0.3 is 0 Å². The minimum absolute atomic E-state index is 0.0689. The fourth-order valence-corrected chi connectivity index (χ4v) is 4.77. The van der Waals surface area contributed by atoms with E-state index >= 15 is 0 Å². The summed E-state index contributed by atoms with van der Waals surface area (Å²) in [5.41, 5.74) is 8.08. The van der Waals surface area contributed by atoms with Gasteiger partial charge in [0.25, 0.3) is 11.5 Å². The first-order chi connectivity index (χ1) is 18.6. The molecule has 9 nitrogen and oxygen atoms in total. The van der Waals surface area contributed by atoms with Crippen molar-refractivity contribution in [2.24, 2.45) is 5.41 Å². The molecule has 4 N–H and O–H groups in total. The van der Waals surface area contributed by atoms with E-state index in [4.69, 9.17) is 5.73 Å². The van der Waals surface area contributed by atoms with Gasteiger partial charge in [0, 0.05) is 23.8 Å². The lowest BCUT2D eigenvalue weighted by Gasteiger charge is -2.26. The molecule has 0 bridgehead atoms. The third-order valence-electron chi connectivity index (χ3n) is 7.03. The van der Waals surface area contributed by atoms with Crippen LogP contribution in [0, 0.1) is 5.41 Å². The van der Waals surface area contributed by atoms with Gasteiger partial charge in [-0.3, -0.25) is 14.2 Å². The van der Waals surface area contributed by atoms with E-state index < -0.39 is 18.1 Å². The number of hydrogen-bond acceptors (Lipinski definition) is 6. The third kappa shape index (κ3) is 4.88. The number of rotatable bonds is 6. The highest BCUT2D eigenvalue weighted by Crippen LogP contribution is 2.28. The van der Waals surface area contributed by atoms with E-state index in [9.17, 15) is 14.7 Å². The summed E-state index contributed by atoms with van der Waals surface area (Å²) in [7, 11) is 0. The van der Waals surface area contributed by atoms with Crippen molar-refractivity contribution in [3.8, 4) is 5.69 Å². The molecule has 0 saturated heterocycles. The van der Waals surface area contributed by atoms with Gasteiger partial charge in [-0.15, -0.1) is 5.10 Å². The number of nitrogens with zero attached hydrogens (tertiary/aromatic N) is 4. The Bertz CT molecular complexity index is 1730. The SMILES string of the molecule is C[C@H](NC(=O)c1c(N)nn2cccnc12)c1cc2cccc(CC(O)C(C)(C)C)c2c(=O)n1-c1ccccc1. The van der Waals surface area contributed by atoms with Crippen LogP contribution in [0.1, 0.15) is 55.4 Å². The number of benzene rings is 2. The summed E-state index contributed by atoms with van der Waals surface area (Å²) >= 11 is 0. The number of carbonyl (C=O) groups excluding carboxylic acids is 1. The number of nitrogens with one attached hydrogen (secondary N) is 1. The van der Waals surface area contributed by atoms with Crippen LogP contribution in [0.3, 0.4) is 0 Å². The average Bonchev–Trinajstić information content (AvgIpc) is 3.24. The van der Waals surface area contributed by atoms with Crippen molar-refractivity contribution < 1.29 is 9.90 Å². The molecule has 9 heteroatoms. The van der Waals surface area contributed by atoms with Crippen molar-refractivity contribution in [1.29, 1.82) is 0 Å². The Morgan fingerprint density at radius 3 is 2.56 bits per heavy atom. The van der Waals surface area contributed by atoms with Crippen molar-refractivity contribution in [2.75, 3.05) is 5.73 Å². The maximum atomic E-state index is 14.2. The maximum Gasteiger partial charge on any atom is 0.263 e. The number of aliphatic hydroxyl groups excluding tert-OH is 1. The van der Waals surface area contributed by atoms with Gasteiger partial charge in [0.05, 0.1) is 17.5 Å². The monoisotopic (exact) mass is 524 g/mol. The molecule has 2 aromatic carbocycles. The molecule has 3 heterocycles. The maximum absolute atomic E-state index is 14.2. The second-order valence-corrected chi connectivity index (χ2v) is 10.9. The van der Waals surface area contributed by atoms with Crippen LogP contribution in [-0.4, -0.2) is 36.3 Å². The summed E-state index contributed by atoms with van der Waals surface area (Å²) in [6, 6.07) is 18.0. The molecule has 0 aliphatic heterocycles. The Balaban J connectivity index is 1.63. The number of pyridine rings is 1. The summed E-state index contributed by atoms with van der Waals surface area (Å²) < 4.78 is 3.08. The predicted molar refractivity (Wildman–Crippen MR) is 152 cm³/mol. The number of aliphatic hydroxyl groups is 1. The van der Waals surface area contributed by atoms with E-state index in [1.807, 2.05) is 82.3 Å². The van der Waals surface area contributed by atoms with Gasteiger partial charge in [0.2, 0.25) is 0 Å². The van der Waals surface area contributed by atoms with Crippen molar-refractivity contribution in [1.82, 2.24) is 24.5 Å². The molecule has 5 rings (SSSR count). The van der Waals surface area contributed by atoms with Gasteiger partial charge in [-0.05, 0) is 54.0 Å². The second-order valence-electron chi connectivity index (χ2n) is 10.9. The summed E-state index contributed by atoms with van der Waals surface area (Å²) in [4.78, 5) is 31.8. The van der Waals surface area contributed by atoms with E-state index in [0.29, 0.717) is 28.8 Å². The van der Waals surface area contributed by atoms with Gasteiger partial charge in [-0.25, -0.2) is 9.50 Å². The predicted octanol–water partition coefficient (Wildman–Crippen LogP) is 4.06. The number of nitrogens with two attached hydrogens (primary N) is 1. The Kier molecular flexibility index (Phi) is 6.69. The van der Waals surface area contributed by atoms with E-state index in [1.165, 1.54) is 4.52 Å². The molecule has 5 aromatic rings. The molecule has 0 aliphatic rings. The van der Waals surface area contributed by atoms with E-state index in [1.54, 1.807) is 23.0 Å². The normalized spacial score (nSPS) is 13.5. The number of fused-ring (bicyclic) bond motifs is 2. The Morgan fingerprint density at radius 2 is 1.85 bits per heavy atom. The number of nitrogen functional groups attached to an aromatic ring is 1. The lowest BCUT2D eigenvalue weighted by Crippen LogP contribution is -2.33. The van der Waals surface area contributed by atoms with E-state index in [2.05, 4.69) is 15.4 Å². The Labute approximate surface area is 225 Å². The number of anilines is 1. The number of hydrogen-bond donors (Lipinski definition) is 3. The van der Waals surface area contributed by atoms with E-state index in [0.717, 1.165) is 10.9 Å². The molecule has 1 unspecified atom stereocenters. The highest BCUT2D eigenvalue weighted by molar-refractivity contribution is 6.04. The number of para-hydroxylation sites is 1. The average molecular weight is 525 g/mol. The van der Waals surface area contributed by atoms with Crippen LogP contribution in [0.4, 0.5) is 5.82 Å². The van der Waals surface area contributed by atoms with Crippen molar-refractivity contribution in [3.63, 3.8) is 0 Å². The van der Waals surface area contributed by atoms with Crippen LogP contribution in [0.2, 0.25) is 0 Å². The quantitative estimate of drug-likeness (QED) is 0.307. The fourth-order valence-electron chi connectivity index (χ4n) is 4.77. The molecule has 200 valence electrons. The van der Waals surface area contributed by atoms with Crippen LogP contribution in [-0.2, 0) is 6.42 Å². The summed E-state index contributed by atoms with van der Waals surface area (Å²) in [5, 5.41) is 19.3. The van der Waals surface area contributed by atoms with Crippen molar-refractivity contribution in [2.45, 2.75) is 46.3 Å². The first kappa shape index (κ1) is 26.1. The highest BCUT2D eigenvalue weighted by Gasteiger charge is 2.26. The fraction of sp³-hybridized carbons (Fsp3) is 0.267. The molecule has 0 aliphatic carbocycles. The topological polar surface area (TPSA) is 128 Å². The molecule has 0 saturated carbocycles. The highest BCUT2D eigenvalue weighted by atomic mass is 16.3. The van der Waals surface area contributed by atoms with Crippen LogP contribution >= 0.6 is 0 Å². The smallest absolute Gasteiger partial charge is 0.263 e. The molecule has 0 fully saturated rings. The summed E-state index contributed by atoms with van der Waals surface area (Å²) in [6.07, 6.45) is 2.96. The van der Waals surface area contributed by atoms with Gasteiger partial charge in [0.15, 0.2) is 11.5 Å². The first-order valence-electron chi connectivity index (χ1n) is 12.9.